The van der Waals surface area contributed by atoms with E-state index < -0.39 is 12.7 Å². The minimum atomic E-state index is -4.33. The molecule has 3 aromatic rings. The fraction of sp³-hybridized carbons (Fsp3) is 0.500. The number of piperazine rings is 1. The van der Waals surface area contributed by atoms with Crippen molar-refractivity contribution in [1.82, 2.24) is 24.6 Å². The Bertz CT molecular complexity index is 1150. The van der Waals surface area contributed by atoms with Crippen LogP contribution in [0.15, 0.2) is 30.7 Å². The molecule has 1 N–H and O–H groups in total. The Hall–Kier alpha value is -2.92. The molecule has 2 aliphatic heterocycles. The lowest BCUT2D eigenvalue weighted by molar-refractivity contribution is -0.142. The quantitative estimate of drug-likeness (QED) is 0.625. The number of rotatable bonds is 5. The fourth-order valence-electron chi connectivity index (χ4n) is 4.48. The summed E-state index contributed by atoms with van der Waals surface area (Å²) in [4.78, 5) is 13.8. The van der Waals surface area contributed by atoms with Crippen LogP contribution in [0, 0.1) is 6.92 Å². The molecule has 2 aliphatic rings. The van der Waals surface area contributed by atoms with Gasteiger partial charge in [-0.2, -0.15) is 18.3 Å². The van der Waals surface area contributed by atoms with Gasteiger partial charge in [0, 0.05) is 49.6 Å². The van der Waals surface area contributed by atoms with Crippen molar-refractivity contribution in [2.45, 2.75) is 32.1 Å². The van der Waals surface area contributed by atoms with Gasteiger partial charge in [0.1, 0.15) is 6.54 Å². The average Bonchev–Trinajstić information content (AvgIpc) is 3.17. The second-order valence-electron chi connectivity index (χ2n) is 9.02. The summed E-state index contributed by atoms with van der Waals surface area (Å²) in [6.45, 7) is 8.61. The first-order valence-electron chi connectivity index (χ1n) is 10.9. The second-order valence-corrected chi connectivity index (χ2v) is 9.02. The summed E-state index contributed by atoms with van der Waals surface area (Å²) in [5, 5.41) is 7.60. The van der Waals surface area contributed by atoms with E-state index in [1.807, 2.05) is 0 Å². The molecule has 0 unspecified atom stereocenters. The third kappa shape index (κ3) is 4.60. The van der Waals surface area contributed by atoms with Gasteiger partial charge in [-0.1, -0.05) is 0 Å². The van der Waals surface area contributed by atoms with E-state index in [0.29, 0.717) is 11.6 Å². The smallest absolute Gasteiger partial charge is 0.377 e. The Labute approximate surface area is 189 Å². The zero-order valence-electron chi connectivity index (χ0n) is 18.6. The predicted molar refractivity (Wildman–Crippen MR) is 119 cm³/mol. The standard InChI is InChI=1S/C22H26F3N7O/c1-15-7-16-9-26-20(28-17-10-27-32(11-17)12-22(23,24)25)29-18(16)8-19(15)30-3-5-31(6-4-30)21(2)13-33-14-21/h7-11H,3-6,12-14H2,1-2H3,(H,26,28,29). The maximum Gasteiger partial charge on any atom is 0.408 e. The highest BCUT2D eigenvalue weighted by atomic mass is 19.4. The topological polar surface area (TPSA) is 71.3 Å². The van der Waals surface area contributed by atoms with Gasteiger partial charge >= 0.3 is 6.18 Å². The molecule has 0 aliphatic carbocycles. The van der Waals surface area contributed by atoms with E-state index in [2.05, 4.69) is 56.2 Å². The number of anilines is 3. The molecule has 0 saturated carbocycles. The monoisotopic (exact) mass is 461 g/mol. The zero-order chi connectivity index (χ0) is 23.2. The highest BCUT2D eigenvalue weighted by Crippen LogP contribution is 2.30. The lowest BCUT2D eigenvalue weighted by atomic mass is 9.96. The minimum absolute atomic E-state index is 0.159. The van der Waals surface area contributed by atoms with Gasteiger partial charge in [0.25, 0.3) is 0 Å². The number of aromatic nitrogens is 4. The largest absolute Gasteiger partial charge is 0.408 e. The first-order valence-corrected chi connectivity index (χ1v) is 10.9. The summed E-state index contributed by atoms with van der Waals surface area (Å²) in [5.74, 6) is 0.312. The van der Waals surface area contributed by atoms with E-state index >= 15 is 0 Å². The van der Waals surface area contributed by atoms with Crippen LogP contribution >= 0.6 is 0 Å². The first-order chi connectivity index (χ1) is 15.7. The number of halogens is 3. The van der Waals surface area contributed by atoms with Gasteiger partial charge in [-0.25, -0.2) is 9.97 Å². The summed E-state index contributed by atoms with van der Waals surface area (Å²) < 4.78 is 43.9. The molecule has 4 heterocycles. The van der Waals surface area contributed by atoms with Gasteiger partial charge < -0.3 is 15.0 Å². The van der Waals surface area contributed by atoms with Crippen LogP contribution in [0.1, 0.15) is 12.5 Å². The number of nitrogens with zero attached hydrogens (tertiary/aromatic N) is 6. The Morgan fingerprint density at radius 3 is 2.55 bits per heavy atom. The van der Waals surface area contributed by atoms with Crippen molar-refractivity contribution in [3.05, 3.63) is 36.3 Å². The number of benzene rings is 1. The number of ether oxygens (including phenoxy) is 1. The SMILES string of the molecule is Cc1cc2cnc(Nc3cnn(CC(F)(F)F)c3)nc2cc1N1CCN(C2(C)COC2)CC1. The molecule has 11 heteroatoms. The number of hydrogen-bond donors (Lipinski definition) is 1. The van der Waals surface area contributed by atoms with Crippen LogP contribution in [-0.2, 0) is 11.3 Å². The second kappa shape index (κ2) is 8.14. The van der Waals surface area contributed by atoms with Gasteiger partial charge in [-0.3, -0.25) is 9.58 Å². The van der Waals surface area contributed by atoms with Gasteiger partial charge in [-0.15, -0.1) is 0 Å². The van der Waals surface area contributed by atoms with E-state index in [0.717, 1.165) is 66.2 Å². The molecule has 0 bridgehead atoms. The van der Waals surface area contributed by atoms with Crippen molar-refractivity contribution in [3.8, 4) is 0 Å². The summed E-state index contributed by atoms with van der Waals surface area (Å²) in [6.07, 6.45) is 0.00451. The molecule has 33 heavy (non-hydrogen) atoms. The Morgan fingerprint density at radius 2 is 1.88 bits per heavy atom. The van der Waals surface area contributed by atoms with Crippen molar-refractivity contribution in [3.63, 3.8) is 0 Å². The van der Waals surface area contributed by atoms with E-state index in [-0.39, 0.29) is 5.54 Å². The maximum atomic E-state index is 12.6. The zero-order valence-corrected chi connectivity index (χ0v) is 18.6. The molecule has 2 saturated heterocycles. The lowest BCUT2D eigenvalue weighted by Gasteiger charge is -2.50. The Balaban J connectivity index is 1.32. The molecule has 0 spiro atoms. The van der Waals surface area contributed by atoms with E-state index in [9.17, 15) is 13.2 Å². The number of alkyl halides is 3. The first kappa shape index (κ1) is 21.9. The van der Waals surface area contributed by atoms with Gasteiger partial charge in [0.05, 0.1) is 36.2 Å². The Morgan fingerprint density at radius 1 is 1.12 bits per heavy atom. The van der Waals surface area contributed by atoms with Crippen LogP contribution in [0.2, 0.25) is 0 Å². The fourth-order valence-corrected chi connectivity index (χ4v) is 4.48. The summed E-state index contributed by atoms with van der Waals surface area (Å²) >= 11 is 0. The molecule has 176 valence electrons. The van der Waals surface area contributed by atoms with Gasteiger partial charge in [-0.05, 0) is 31.5 Å². The Kier molecular flexibility index (Phi) is 5.40. The molecular weight excluding hydrogens is 435 g/mol. The van der Waals surface area contributed by atoms with E-state index in [1.165, 1.54) is 12.4 Å². The van der Waals surface area contributed by atoms with Crippen LogP contribution in [0.25, 0.3) is 10.9 Å². The molecule has 8 nitrogen and oxygen atoms in total. The third-order valence-electron chi connectivity index (χ3n) is 6.34. The molecule has 0 radical (unpaired) electrons. The average molecular weight is 461 g/mol. The van der Waals surface area contributed by atoms with Crippen LogP contribution < -0.4 is 10.2 Å². The molecule has 1 aromatic carbocycles. The van der Waals surface area contributed by atoms with Crippen LogP contribution in [0.4, 0.5) is 30.5 Å². The van der Waals surface area contributed by atoms with Crippen molar-refractivity contribution in [2.24, 2.45) is 0 Å². The van der Waals surface area contributed by atoms with Crippen molar-refractivity contribution < 1.29 is 17.9 Å². The molecule has 5 rings (SSSR count). The van der Waals surface area contributed by atoms with Gasteiger partial charge in [0.2, 0.25) is 5.95 Å². The number of hydrogen-bond acceptors (Lipinski definition) is 7. The highest BCUT2D eigenvalue weighted by Gasteiger charge is 2.40. The molecular formula is C22H26F3N7O. The number of fused-ring (bicyclic) bond motifs is 1. The van der Waals surface area contributed by atoms with E-state index in [4.69, 9.17) is 4.74 Å². The van der Waals surface area contributed by atoms with Crippen LogP contribution in [-0.4, -0.2) is 75.8 Å². The van der Waals surface area contributed by atoms with E-state index in [1.54, 1.807) is 6.20 Å². The lowest BCUT2D eigenvalue weighted by Crippen LogP contribution is -2.64. The van der Waals surface area contributed by atoms with Crippen LogP contribution in [0.3, 0.4) is 0 Å². The number of aryl methyl sites for hydroxylation is 1. The number of nitrogens with one attached hydrogen (secondary N) is 1. The van der Waals surface area contributed by atoms with Gasteiger partial charge in [0.15, 0.2) is 0 Å². The molecule has 2 fully saturated rings. The normalized spacial score (nSPS) is 19.0. The van der Waals surface area contributed by atoms with Crippen molar-refractivity contribution >= 4 is 28.2 Å². The maximum absolute atomic E-state index is 12.6. The summed E-state index contributed by atoms with van der Waals surface area (Å²) in [5.41, 5.74) is 3.63. The third-order valence-corrected chi connectivity index (χ3v) is 6.34. The minimum Gasteiger partial charge on any atom is -0.377 e. The van der Waals surface area contributed by atoms with Crippen molar-refractivity contribution in [2.75, 3.05) is 49.6 Å². The molecule has 0 amide bonds. The highest BCUT2D eigenvalue weighted by molar-refractivity contribution is 5.84. The summed E-state index contributed by atoms with van der Waals surface area (Å²) in [7, 11) is 0. The molecule has 2 aromatic heterocycles. The summed E-state index contributed by atoms with van der Waals surface area (Å²) in [6, 6.07) is 4.14. The van der Waals surface area contributed by atoms with Crippen molar-refractivity contribution in [1.29, 1.82) is 0 Å². The predicted octanol–water partition coefficient (Wildman–Crippen LogP) is 3.35. The molecule has 0 atom stereocenters. The van der Waals surface area contributed by atoms with Crippen LogP contribution in [0.5, 0.6) is 0 Å².